The zero-order chi connectivity index (χ0) is 30.9. The Kier molecular flexibility index (Phi) is 6.13. The monoisotopic (exact) mass is 654 g/mol. The van der Waals surface area contributed by atoms with Gasteiger partial charge in [0.1, 0.15) is 0 Å². The highest BCUT2D eigenvalue weighted by molar-refractivity contribution is 7.26. The van der Waals surface area contributed by atoms with E-state index in [1.54, 1.807) is 0 Å². The third-order valence-electron chi connectivity index (χ3n) is 9.01. The summed E-state index contributed by atoms with van der Waals surface area (Å²) in [6.07, 6.45) is 0. The molecule has 0 radical (unpaired) electrons. The normalized spacial score (nSPS) is 11.8. The van der Waals surface area contributed by atoms with Gasteiger partial charge in [0, 0.05) is 89.0 Å². The molecule has 222 valence electrons. The van der Waals surface area contributed by atoms with Gasteiger partial charge in [-0.05, 0) is 91.0 Å². The lowest BCUT2D eigenvalue weighted by molar-refractivity contribution is 1.30. The molecule has 0 unspecified atom stereocenters. The molecular formula is C42H26N2S3. The average Bonchev–Trinajstić information content (AvgIpc) is 3.79. The van der Waals surface area contributed by atoms with E-state index in [2.05, 4.69) is 162 Å². The number of nitrogens with zero attached hydrogens (tertiary/aromatic N) is 1. The zero-order valence-corrected chi connectivity index (χ0v) is 27.6. The van der Waals surface area contributed by atoms with Gasteiger partial charge in [-0.25, -0.2) is 0 Å². The van der Waals surface area contributed by atoms with E-state index >= 15 is 0 Å². The van der Waals surface area contributed by atoms with Crippen molar-refractivity contribution in [3.05, 3.63) is 152 Å². The van der Waals surface area contributed by atoms with Crippen LogP contribution in [0.5, 0.6) is 0 Å². The van der Waals surface area contributed by atoms with Crippen molar-refractivity contribution in [2.75, 3.05) is 10.2 Å². The average molecular weight is 655 g/mol. The van der Waals surface area contributed by atoms with Crippen LogP contribution in [0.1, 0.15) is 0 Å². The Hall–Kier alpha value is -5.20. The zero-order valence-electron chi connectivity index (χ0n) is 25.1. The second-order valence-electron chi connectivity index (χ2n) is 11.9. The second kappa shape index (κ2) is 10.7. The van der Waals surface area contributed by atoms with Crippen LogP contribution in [0.3, 0.4) is 0 Å². The molecule has 0 fully saturated rings. The van der Waals surface area contributed by atoms with Crippen molar-refractivity contribution in [3.8, 4) is 0 Å². The van der Waals surface area contributed by atoms with Crippen LogP contribution >= 0.6 is 34.0 Å². The summed E-state index contributed by atoms with van der Waals surface area (Å²) in [6, 6.07) is 55.4. The Bertz CT molecular complexity index is 2790. The number of hydrogen-bond acceptors (Lipinski definition) is 5. The highest BCUT2D eigenvalue weighted by Gasteiger charge is 2.17. The summed E-state index contributed by atoms with van der Waals surface area (Å²) in [4.78, 5) is 2.38. The molecule has 0 saturated carbocycles. The summed E-state index contributed by atoms with van der Waals surface area (Å²) in [5, 5.41) is 11.5. The van der Waals surface area contributed by atoms with Gasteiger partial charge in [-0.15, -0.1) is 34.0 Å². The Balaban J connectivity index is 1.05. The maximum absolute atomic E-state index is 3.69. The Morgan fingerprint density at radius 1 is 0.319 bits per heavy atom. The van der Waals surface area contributed by atoms with E-state index in [-0.39, 0.29) is 0 Å². The fourth-order valence-corrected chi connectivity index (χ4v) is 10.1. The molecule has 3 heterocycles. The van der Waals surface area contributed by atoms with E-state index in [4.69, 9.17) is 0 Å². The lowest BCUT2D eigenvalue weighted by atomic mass is 10.1. The van der Waals surface area contributed by atoms with E-state index in [9.17, 15) is 0 Å². The molecule has 10 aromatic rings. The van der Waals surface area contributed by atoms with Gasteiger partial charge in [0.2, 0.25) is 0 Å². The van der Waals surface area contributed by atoms with Crippen molar-refractivity contribution in [2.45, 2.75) is 0 Å². The molecule has 5 heteroatoms. The number of fused-ring (bicyclic) bond motifs is 9. The number of anilines is 5. The topological polar surface area (TPSA) is 15.3 Å². The summed E-state index contributed by atoms with van der Waals surface area (Å²) in [7, 11) is 0. The number of benzene rings is 7. The van der Waals surface area contributed by atoms with Crippen molar-refractivity contribution < 1.29 is 0 Å². The summed E-state index contributed by atoms with van der Waals surface area (Å²) in [5.41, 5.74) is 5.67. The van der Waals surface area contributed by atoms with Crippen molar-refractivity contribution in [3.63, 3.8) is 0 Å². The molecule has 1 N–H and O–H groups in total. The highest BCUT2D eigenvalue weighted by Crippen LogP contribution is 2.44. The van der Waals surface area contributed by atoms with Crippen LogP contribution in [0.25, 0.3) is 60.5 Å². The summed E-state index contributed by atoms with van der Waals surface area (Å²) >= 11 is 5.56. The number of nitrogens with one attached hydrogen (secondary N) is 1. The predicted molar refractivity (Wildman–Crippen MR) is 210 cm³/mol. The minimum atomic E-state index is 1.10. The fourth-order valence-electron chi connectivity index (χ4n) is 6.83. The fraction of sp³-hybridized carbons (Fsp3) is 0. The van der Waals surface area contributed by atoms with Gasteiger partial charge >= 0.3 is 0 Å². The molecule has 0 bridgehead atoms. The lowest BCUT2D eigenvalue weighted by Gasteiger charge is -2.25. The quantitative estimate of drug-likeness (QED) is 0.199. The SMILES string of the molecule is c1ccc(N(c2ccc3sc4ccccc4c3c2)c2ccc3sc4cc(Nc5ccc6sc7ccccc7c6c5)ccc4c3c2)cc1. The van der Waals surface area contributed by atoms with E-state index in [0.717, 1.165) is 28.4 Å². The number of thiophene rings is 3. The van der Waals surface area contributed by atoms with Gasteiger partial charge in [-0.3, -0.25) is 0 Å². The van der Waals surface area contributed by atoms with Crippen molar-refractivity contribution in [2.24, 2.45) is 0 Å². The van der Waals surface area contributed by atoms with Crippen molar-refractivity contribution >= 4 is 123 Å². The van der Waals surface area contributed by atoms with E-state index in [1.165, 1.54) is 60.5 Å². The maximum atomic E-state index is 3.69. The van der Waals surface area contributed by atoms with Gasteiger partial charge in [0.05, 0.1) is 0 Å². The standard InChI is InChI=1S/C42H26N2S3/c1-2-8-28(9-3-1)44(29-16-20-40-35(24-29)32-11-5-7-13-38(32)46-40)30-17-21-41-36(25-30)33-18-14-27(23-42(33)47-41)43-26-15-19-39-34(22-26)31-10-4-6-12-37(31)45-39/h1-25,43H. The van der Waals surface area contributed by atoms with Crippen LogP contribution in [0, 0.1) is 0 Å². The second-order valence-corrected chi connectivity index (χ2v) is 15.1. The molecule has 3 aromatic heterocycles. The van der Waals surface area contributed by atoms with E-state index in [0.29, 0.717) is 0 Å². The first-order valence-electron chi connectivity index (χ1n) is 15.7. The third-order valence-corrected chi connectivity index (χ3v) is 12.4. The highest BCUT2D eigenvalue weighted by atomic mass is 32.1. The van der Waals surface area contributed by atoms with Crippen LogP contribution in [0.4, 0.5) is 28.4 Å². The maximum Gasteiger partial charge on any atom is 0.0468 e. The smallest absolute Gasteiger partial charge is 0.0468 e. The molecular weight excluding hydrogens is 629 g/mol. The molecule has 0 saturated heterocycles. The predicted octanol–water partition coefficient (Wildman–Crippen LogP) is 14.0. The molecule has 0 aliphatic rings. The molecule has 0 spiro atoms. The van der Waals surface area contributed by atoms with Gasteiger partial charge < -0.3 is 10.2 Å². The molecule has 47 heavy (non-hydrogen) atoms. The number of hydrogen-bond donors (Lipinski definition) is 1. The molecule has 2 nitrogen and oxygen atoms in total. The molecule has 7 aromatic carbocycles. The number of rotatable bonds is 5. The van der Waals surface area contributed by atoms with Crippen LogP contribution in [0.15, 0.2) is 152 Å². The minimum absolute atomic E-state index is 1.10. The lowest BCUT2D eigenvalue weighted by Crippen LogP contribution is -2.09. The van der Waals surface area contributed by atoms with Crippen molar-refractivity contribution in [1.29, 1.82) is 0 Å². The summed E-state index contributed by atoms with van der Waals surface area (Å²) < 4.78 is 7.86. The van der Waals surface area contributed by atoms with Crippen LogP contribution in [-0.2, 0) is 0 Å². The van der Waals surface area contributed by atoms with Gasteiger partial charge in [0.15, 0.2) is 0 Å². The molecule has 0 amide bonds. The Morgan fingerprint density at radius 3 is 1.45 bits per heavy atom. The van der Waals surface area contributed by atoms with Gasteiger partial charge in [0.25, 0.3) is 0 Å². The summed E-state index contributed by atoms with van der Waals surface area (Å²) in [5.74, 6) is 0. The van der Waals surface area contributed by atoms with Crippen LogP contribution < -0.4 is 10.2 Å². The first-order valence-corrected chi connectivity index (χ1v) is 18.1. The Labute approximate surface area is 283 Å². The first kappa shape index (κ1) is 27.0. The largest absolute Gasteiger partial charge is 0.355 e. The third kappa shape index (κ3) is 4.50. The van der Waals surface area contributed by atoms with E-state index < -0.39 is 0 Å². The Morgan fingerprint density at radius 2 is 0.787 bits per heavy atom. The minimum Gasteiger partial charge on any atom is -0.355 e. The van der Waals surface area contributed by atoms with Crippen LogP contribution in [-0.4, -0.2) is 0 Å². The van der Waals surface area contributed by atoms with Crippen molar-refractivity contribution in [1.82, 2.24) is 0 Å². The summed E-state index contributed by atoms with van der Waals surface area (Å²) in [6.45, 7) is 0. The molecule has 0 aliphatic heterocycles. The first-order chi connectivity index (χ1) is 23.2. The van der Waals surface area contributed by atoms with Gasteiger partial charge in [-0.2, -0.15) is 0 Å². The van der Waals surface area contributed by atoms with Gasteiger partial charge in [-0.1, -0.05) is 60.7 Å². The van der Waals surface area contributed by atoms with Crippen LogP contribution in [0.2, 0.25) is 0 Å². The van der Waals surface area contributed by atoms with E-state index in [1.807, 2.05) is 34.0 Å². The molecule has 0 atom stereocenters. The molecule has 0 aliphatic carbocycles. The molecule has 10 rings (SSSR count). The number of para-hydroxylation sites is 1.